The number of nitrogens with zero attached hydrogens (tertiary/aromatic N) is 3. The summed E-state index contributed by atoms with van der Waals surface area (Å²) in [5.74, 6) is 1.12. The normalized spacial score (nSPS) is 14.6. The number of hydrogen-bond donors (Lipinski definition) is 0. The van der Waals surface area contributed by atoms with Crippen LogP contribution in [0, 0.1) is 0 Å². The second-order valence-electron chi connectivity index (χ2n) is 11.5. The van der Waals surface area contributed by atoms with Crippen LogP contribution < -0.4 is 0 Å². The van der Waals surface area contributed by atoms with E-state index in [2.05, 4.69) is 0 Å². The Morgan fingerprint density at radius 3 is 1.60 bits per heavy atom. The van der Waals surface area contributed by atoms with Gasteiger partial charge in [0, 0.05) is 16.7 Å². The van der Waals surface area contributed by atoms with Crippen LogP contribution in [0.4, 0.5) is 0 Å². The molecule has 0 aliphatic carbocycles. The first-order valence-electron chi connectivity index (χ1n) is 21.9. The van der Waals surface area contributed by atoms with Crippen LogP contribution in [-0.4, -0.2) is 15.0 Å². The van der Waals surface area contributed by atoms with Crippen molar-refractivity contribution >= 4 is 21.5 Å². The Morgan fingerprint density at radius 1 is 0.320 bits per heavy atom. The summed E-state index contributed by atoms with van der Waals surface area (Å²) in [5.41, 5.74) is 4.84. The van der Waals surface area contributed by atoms with Crippen molar-refractivity contribution in [1.82, 2.24) is 15.0 Å². The van der Waals surface area contributed by atoms with Crippen molar-refractivity contribution in [3.63, 3.8) is 0 Å². The predicted octanol–water partition coefficient (Wildman–Crippen LogP) is 12.2. The van der Waals surface area contributed by atoms with Crippen LogP contribution in [-0.2, 0) is 0 Å². The summed E-state index contributed by atoms with van der Waals surface area (Å²) in [6, 6.07) is 30.3. The van der Waals surface area contributed by atoms with Crippen LogP contribution in [0.15, 0.2) is 188 Å². The molecule has 0 amide bonds. The zero-order valence-corrected chi connectivity index (χ0v) is 26.3. The first-order valence-corrected chi connectivity index (χ1v) is 15.9. The molecule has 50 heavy (non-hydrogen) atoms. The van der Waals surface area contributed by atoms with Gasteiger partial charge in [0.25, 0.3) is 0 Å². The molecule has 0 aliphatic rings. The summed E-state index contributed by atoms with van der Waals surface area (Å²) in [5, 5.41) is 1.40. The van der Waals surface area contributed by atoms with Gasteiger partial charge in [-0.1, -0.05) is 182 Å². The van der Waals surface area contributed by atoms with Crippen molar-refractivity contribution in [3.05, 3.63) is 188 Å². The fraction of sp³-hybridized carbons (Fsp3) is 0. The van der Waals surface area contributed by atoms with E-state index < -0.39 is 54.4 Å². The number of rotatable bonds is 6. The summed E-state index contributed by atoms with van der Waals surface area (Å²) in [4.78, 5) is 14.7. The van der Waals surface area contributed by atoms with E-state index in [0.29, 0.717) is 45.1 Å². The molecule has 234 valence electrons. The van der Waals surface area contributed by atoms with Gasteiger partial charge in [0.15, 0.2) is 17.5 Å². The summed E-state index contributed by atoms with van der Waals surface area (Å²) < 4.78 is 101. The molecular formula is C47H31N3. The number of hydrogen-bond acceptors (Lipinski definition) is 3. The lowest BCUT2D eigenvalue weighted by atomic mass is 9.91. The van der Waals surface area contributed by atoms with Gasteiger partial charge in [-0.3, -0.25) is 0 Å². The zero-order valence-electron chi connectivity index (χ0n) is 38.3. The SMILES string of the molecule is [2H]c1c([2H])c([2H])c(-c2ccc(-c3cccc(-c4nc(-c5ccccc5)nc(-c5ccc(-c6c([2H])c([2H])c([2H])c7c([2H])c([2H])c([2H])c([2H])c67)cc5)n4)c3)c3ccccc23)c([2H])c1[2H]. The number of benzene rings is 8. The maximum atomic E-state index is 8.80. The zero-order chi connectivity index (χ0) is 43.7. The van der Waals surface area contributed by atoms with Crippen LogP contribution >= 0.6 is 0 Å². The van der Waals surface area contributed by atoms with E-state index in [-0.39, 0.29) is 40.0 Å². The van der Waals surface area contributed by atoms with Crippen molar-refractivity contribution in [2.24, 2.45) is 0 Å². The minimum Gasteiger partial charge on any atom is -0.208 e. The molecule has 9 rings (SSSR count). The fourth-order valence-electron chi connectivity index (χ4n) is 6.14. The Labute approximate surface area is 308 Å². The van der Waals surface area contributed by atoms with Crippen LogP contribution in [0.3, 0.4) is 0 Å². The molecule has 0 fully saturated rings. The monoisotopic (exact) mass is 649 g/mol. The Morgan fingerprint density at radius 2 is 0.860 bits per heavy atom. The van der Waals surface area contributed by atoms with Gasteiger partial charge in [-0.2, -0.15) is 0 Å². The van der Waals surface area contributed by atoms with Gasteiger partial charge in [-0.05, 0) is 61.0 Å². The lowest BCUT2D eigenvalue weighted by Crippen LogP contribution is -2.00. The molecule has 0 N–H and O–H groups in total. The molecule has 0 saturated carbocycles. The molecule has 0 radical (unpaired) electrons. The topological polar surface area (TPSA) is 38.7 Å². The highest BCUT2D eigenvalue weighted by molar-refractivity contribution is 6.05. The van der Waals surface area contributed by atoms with Crippen LogP contribution in [0.2, 0.25) is 0 Å². The lowest BCUT2D eigenvalue weighted by Gasteiger charge is -2.13. The highest BCUT2D eigenvalue weighted by atomic mass is 15.0. The van der Waals surface area contributed by atoms with E-state index in [4.69, 9.17) is 31.4 Å². The number of aromatic nitrogens is 3. The van der Waals surface area contributed by atoms with Gasteiger partial charge in [0.05, 0.1) is 16.4 Å². The predicted molar refractivity (Wildman–Crippen MR) is 207 cm³/mol. The third-order valence-corrected chi connectivity index (χ3v) is 8.54. The highest BCUT2D eigenvalue weighted by Crippen LogP contribution is 2.37. The molecule has 9 aromatic rings. The van der Waals surface area contributed by atoms with E-state index in [9.17, 15) is 0 Å². The molecule has 0 unspecified atom stereocenters. The van der Waals surface area contributed by atoms with Gasteiger partial charge in [0.1, 0.15) is 0 Å². The molecule has 0 saturated heterocycles. The molecule has 0 aliphatic heterocycles. The second kappa shape index (κ2) is 12.7. The third kappa shape index (κ3) is 5.51. The van der Waals surface area contributed by atoms with E-state index in [1.54, 1.807) is 30.3 Å². The summed E-state index contributed by atoms with van der Waals surface area (Å²) in [6.45, 7) is 0. The van der Waals surface area contributed by atoms with Crippen molar-refractivity contribution < 1.29 is 16.4 Å². The Balaban J connectivity index is 1.17. The van der Waals surface area contributed by atoms with Gasteiger partial charge in [-0.25, -0.2) is 15.0 Å². The maximum absolute atomic E-state index is 8.80. The van der Waals surface area contributed by atoms with Crippen LogP contribution in [0.25, 0.3) is 89.1 Å². The first-order chi connectivity index (χ1) is 29.8. The molecular weight excluding hydrogens is 607 g/mol. The van der Waals surface area contributed by atoms with Crippen molar-refractivity contribution in [3.8, 4) is 67.5 Å². The smallest absolute Gasteiger partial charge is 0.164 e. The average Bonchev–Trinajstić information content (AvgIpc) is 3.30. The highest BCUT2D eigenvalue weighted by Gasteiger charge is 2.15. The largest absolute Gasteiger partial charge is 0.208 e. The summed E-state index contributed by atoms with van der Waals surface area (Å²) >= 11 is 0. The Hall–Kier alpha value is -6.71. The molecule has 0 bridgehead atoms. The van der Waals surface area contributed by atoms with E-state index in [1.165, 1.54) is 0 Å². The van der Waals surface area contributed by atoms with Crippen LogP contribution in [0.5, 0.6) is 0 Å². The average molecular weight is 650 g/mol. The lowest BCUT2D eigenvalue weighted by molar-refractivity contribution is 1.07. The van der Waals surface area contributed by atoms with E-state index in [1.807, 2.05) is 84.9 Å². The molecule has 0 atom stereocenters. The van der Waals surface area contributed by atoms with Gasteiger partial charge < -0.3 is 0 Å². The molecule has 8 aromatic carbocycles. The standard InChI is InChI=1S/C47H31N3/c1-3-13-32(14-4-1)41-29-30-42(44-23-10-9-22-43(41)44)37-19-11-20-38(31-37)47-49-45(35-16-5-2-6-17-35)48-46(50-47)36-27-25-34(26-28-36)40-24-12-18-33-15-7-8-21-39(33)40/h1-31H/i1D,3D,4D,7D,8D,12D,13D,14D,15D,18D,21D,24D. The minimum atomic E-state index is -0.516. The van der Waals surface area contributed by atoms with E-state index in [0.717, 1.165) is 22.1 Å². The van der Waals surface area contributed by atoms with Crippen molar-refractivity contribution in [2.75, 3.05) is 0 Å². The molecule has 1 heterocycles. The number of fused-ring (bicyclic) bond motifs is 2. The fourth-order valence-corrected chi connectivity index (χ4v) is 6.14. The molecule has 3 nitrogen and oxygen atoms in total. The van der Waals surface area contributed by atoms with Gasteiger partial charge in [-0.15, -0.1) is 0 Å². The van der Waals surface area contributed by atoms with Crippen molar-refractivity contribution in [1.29, 1.82) is 0 Å². The van der Waals surface area contributed by atoms with Gasteiger partial charge >= 0.3 is 0 Å². The Bertz CT molecular complexity index is 3280. The Kier molecular flexibility index (Phi) is 4.92. The molecule has 1 aromatic heterocycles. The summed E-state index contributed by atoms with van der Waals surface area (Å²) in [6.07, 6.45) is 0. The maximum Gasteiger partial charge on any atom is 0.164 e. The van der Waals surface area contributed by atoms with Crippen LogP contribution in [0.1, 0.15) is 16.4 Å². The minimum absolute atomic E-state index is 0.0000592. The second-order valence-corrected chi connectivity index (χ2v) is 11.5. The van der Waals surface area contributed by atoms with Gasteiger partial charge in [0.2, 0.25) is 0 Å². The quantitative estimate of drug-likeness (QED) is 0.180. The molecule has 3 heteroatoms. The molecule has 0 spiro atoms. The summed E-state index contributed by atoms with van der Waals surface area (Å²) in [7, 11) is 0. The van der Waals surface area contributed by atoms with E-state index >= 15 is 0 Å². The van der Waals surface area contributed by atoms with Crippen molar-refractivity contribution in [2.45, 2.75) is 0 Å². The first kappa shape index (κ1) is 19.3. The third-order valence-electron chi connectivity index (χ3n) is 8.54.